The molecule has 1 fully saturated rings. The third-order valence-corrected chi connectivity index (χ3v) is 7.96. The Morgan fingerprint density at radius 3 is 2.44 bits per heavy atom. The number of benzene rings is 3. The molecular formula is C29H30N4O2S. The summed E-state index contributed by atoms with van der Waals surface area (Å²) in [7, 11) is 1.73. The molecule has 184 valence electrons. The van der Waals surface area contributed by atoms with Gasteiger partial charge >= 0.3 is 0 Å². The Balaban J connectivity index is 1.47. The van der Waals surface area contributed by atoms with E-state index in [0.717, 1.165) is 44.8 Å². The van der Waals surface area contributed by atoms with Gasteiger partial charge in [-0.25, -0.2) is 4.98 Å². The molecule has 3 aromatic carbocycles. The number of para-hydroxylation sites is 1. The monoisotopic (exact) mass is 498 g/mol. The minimum absolute atomic E-state index is 0.0945. The molecule has 1 aromatic heterocycles. The number of amides is 2. The maximum atomic E-state index is 13.9. The van der Waals surface area contributed by atoms with E-state index < -0.39 is 12.1 Å². The van der Waals surface area contributed by atoms with Crippen molar-refractivity contribution in [2.24, 2.45) is 0 Å². The number of hydrogen-bond donors (Lipinski definition) is 2. The van der Waals surface area contributed by atoms with E-state index >= 15 is 0 Å². The van der Waals surface area contributed by atoms with Gasteiger partial charge in [0.15, 0.2) is 0 Å². The van der Waals surface area contributed by atoms with Crippen LogP contribution in [0.15, 0.2) is 78.9 Å². The zero-order chi connectivity index (χ0) is 25.1. The van der Waals surface area contributed by atoms with Crippen LogP contribution in [0.4, 0.5) is 0 Å². The van der Waals surface area contributed by atoms with E-state index in [2.05, 4.69) is 41.0 Å². The molecule has 4 aromatic rings. The molecule has 0 unspecified atom stereocenters. The first-order valence-corrected chi connectivity index (χ1v) is 13.2. The highest BCUT2D eigenvalue weighted by Gasteiger charge is 2.37. The number of fused-ring (bicyclic) bond motifs is 1. The van der Waals surface area contributed by atoms with Gasteiger partial charge in [-0.15, -0.1) is 11.3 Å². The normalized spacial score (nSPS) is 17.2. The van der Waals surface area contributed by atoms with Crippen molar-refractivity contribution in [1.82, 2.24) is 20.5 Å². The maximum Gasteiger partial charge on any atom is 0.250 e. The number of nitrogens with zero attached hydrogens (tertiary/aromatic N) is 2. The average molecular weight is 499 g/mol. The minimum Gasteiger partial charge on any atom is -0.339 e. The Kier molecular flexibility index (Phi) is 7.11. The predicted molar refractivity (Wildman–Crippen MR) is 145 cm³/mol. The molecule has 7 heteroatoms. The maximum absolute atomic E-state index is 13.9. The predicted octanol–water partition coefficient (Wildman–Crippen LogP) is 5.09. The van der Waals surface area contributed by atoms with Crippen LogP contribution in [0.3, 0.4) is 0 Å². The topological polar surface area (TPSA) is 74.3 Å². The van der Waals surface area contributed by atoms with Crippen LogP contribution in [-0.2, 0) is 9.59 Å². The molecule has 2 amide bonds. The molecule has 1 aliphatic rings. The highest BCUT2D eigenvalue weighted by Crippen LogP contribution is 2.40. The number of carbonyl (C=O) groups is 2. The molecule has 1 saturated heterocycles. The summed E-state index contributed by atoms with van der Waals surface area (Å²) in [5, 5.41) is 6.88. The number of carbonyl (C=O) groups excluding carboxylic acids is 2. The Hall–Kier alpha value is -3.55. The summed E-state index contributed by atoms with van der Waals surface area (Å²) in [5.74, 6) is -0.300. The van der Waals surface area contributed by atoms with E-state index in [4.69, 9.17) is 4.98 Å². The second-order valence-corrected chi connectivity index (χ2v) is 10.2. The zero-order valence-corrected chi connectivity index (χ0v) is 21.3. The highest BCUT2D eigenvalue weighted by atomic mass is 32.1. The van der Waals surface area contributed by atoms with Crippen molar-refractivity contribution in [2.45, 2.75) is 37.9 Å². The molecule has 0 bridgehead atoms. The van der Waals surface area contributed by atoms with Gasteiger partial charge in [0, 0.05) is 12.1 Å². The molecule has 1 aliphatic heterocycles. The summed E-state index contributed by atoms with van der Waals surface area (Å²) in [5.41, 5.74) is 3.98. The molecule has 3 atom stereocenters. The van der Waals surface area contributed by atoms with E-state index in [1.165, 1.54) is 0 Å². The Morgan fingerprint density at radius 1 is 1.00 bits per heavy atom. The van der Waals surface area contributed by atoms with Crippen LogP contribution in [0.25, 0.3) is 21.3 Å². The SMILES string of the molecule is CN[C@@H](C)C(=O)N[C@H](C(=O)N1CCC[C@H]1c1nc2c(-c3ccccc3)cccc2s1)c1ccccc1. The number of thiazole rings is 1. The average Bonchev–Trinajstić information content (AvgIpc) is 3.59. The van der Waals surface area contributed by atoms with Gasteiger partial charge in [0.1, 0.15) is 11.0 Å². The van der Waals surface area contributed by atoms with Gasteiger partial charge in [0.2, 0.25) is 11.8 Å². The Bertz CT molecular complexity index is 1360. The van der Waals surface area contributed by atoms with Crippen molar-refractivity contribution < 1.29 is 9.59 Å². The van der Waals surface area contributed by atoms with Crippen molar-refractivity contribution in [1.29, 1.82) is 0 Å². The van der Waals surface area contributed by atoms with Gasteiger partial charge in [-0.3, -0.25) is 9.59 Å². The summed E-state index contributed by atoms with van der Waals surface area (Å²) < 4.78 is 1.11. The summed E-state index contributed by atoms with van der Waals surface area (Å²) in [6, 6.07) is 24.7. The summed E-state index contributed by atoms with van der Waals surface area (Å²) in [6.07, 6.45) is 1.76. The quantitative estimate of drug-likeness (QED) is 0.372. The second-order valence-electron chi connectivity index (χ2n) is 9.12. The molecular weight excluding hydrogens is 468 g/mol. The Morgan fingerprint density at radius 2 is 1.72 bits per heavy atom. The molecule has 0 saturated carbocycles. The Labute approximate surface area is 215 Å². The van der Waals surface area contributed by atoms with Crippen LogP contribution < -0.4 is 10.6 Å². The molecule has 2 heterocycles. The molecule has 0 radical (unpaired) electrons. The number of likely N-dealkylation sites (tertiary alicyclic amines) is 1. The fraction of sp³-hybridized carbons (Fsp3) is 0.276. The number of likely N-dealkylation sites (N-methyl/N-ethyl adjacent to an activating group) is 1. The first-order valence-electron chi connectivity index (χ1n) is 12.3. The largest absolute Gasteiger partial charge is 0.339 e. The number of rotatable bonds is 7. The molecule has 0 spiro atoms. The third-order valence-electron chi connectivity index (χ3n) is 6.83. The number of aromatic nitrogens is 1. The highest BCUT2D eigenvalue weighted by molar-refractivity contribution is 7.18. The lowest BCUT2D eigenvalue weighted by Gasteiger charge is -2.29. The first-order chi connectivity index (χ1) is 17.6. The van der Waals surface area contributed by atoms with Crippen molar-refractivity contribution in [3.8, 4) is 11.1 Å². The van der Waals surface area contributed by atoms with Crippen LogP contribution in [0, 0.1) is 0 Å². The summed E-state index contributed by atoms with van der Waals surface area (Å²) in [6.45, 7) is 2.43. The lowest BCUT2D eigenvalue weighted by atomic mass is 10.0. The van der Waals surface area contributed by atoms with Crippen LogP contribution in [-0.4, -0.2) is 41.3 Å². The fourth-order valence-corrected chi connectivity index (χ4v) is 5.89. The van der Waals surface area contributed by atoms with Gasteiger partial charge in [-0.05, 0) is 44.0 Å². The first kappa shape index (κ1) is 24.2. The van der Waals surface area contributed by atoms with Gasteiger partial charge in [0.25, 0.3) is 0 Å². The summed E-state index contributed by atoms with van der Waals surface area (Å²) >= 11 is 1.65. The van der Waals surface area contributed by atoms with Gasteiger partial charge in [0.05, 0.1) is 22.3 Å². The van der Waals surface area contributed by atoms with E-state index in [1.807, 2.05) is 53.4 Å². The second kappa shape index (κ2) is 10.6. The lowest BCUT2D eigenvalue weighted by molar-refractivity contribution is -0.137. The summed E-state index contributed by atoms with van der Waals surface area (Å²) in [4.78, 5) is 33.7. The molecule has 6 nitrogen and oxygen atoms in total. The fourth-order valence-electron chi connectivity index (χ4n) is 4.74. The van der Waals surface area contributed by atoms with Crippen molar-refractivity contribution in [2.75, 3.05) is 13.6 Å². The van der Waals surface area contributed by atoms with Gasteiger partial charge in [-0.1, -0.05) is 72.8 Å². The van der Waals surface area contributed by atoms with Crippen molar-refractivity contribution in [3.63, 3.8) is 0 Å². The van der Waals surface area contributed by atoms with Crippen molar-refractivity contribution in [3.05, 3.63) is 89.4 Å². The van der Waals surface area contributed by atoms with Crippen LogP contribution in [0.5, 0.6) is 0 Å². The van der Waals surface area contributed by atoms with Crippen LogP contribution >= 0.6 is 11.3 Å². The standard InChI is InChI=1S/C29H30N4O2S/c1-19(30-2)27(34)31-25(21-13-7-4-8-14-21)29(35)33-18-10-16-23(33)28-32-26-22(15-9-17-24(26)36-28)20-11-5-3-6-12-20/h3-9,11-15,17,19,23,25,30H,10,16,18H2,1-2H3,(H,31,34)/t19-,23-,25-/m0/s1. The van der Waals surface area contributed by atoms with Crippen molar-refractivity contribution >= 4 is 33.4 Å². The third kappa shape index (κ3) is 4.76. The molecule has 2 N–H and O–H groups in total. The van der Waals surface area contributed by atoms with Gasteiger partial charge in [-0.2, -0.15) is 0 Å². The molecule has 0 aliphatic carbocycles. The van der Waals surface area contributed by atoms with Gasteiger partial charge < -0.3 is 15.5 Å². The van der Waals surface area contributed by atoms with Crippen LogP contribution in [0.2, 0.25) is 0 Å². The minimum atomic E-state index is -0.746. The molecule has 36 heavy (non-hydrogen) atoms. The smallest absolute Gasteiger partial charge is 0.250 e. The van der Waals surface area contributed by atoms with E-state index in [1.54, 1.807) is 25.3 Å². The van der Waals surface area contributed by atoms with Crippen LogP contribution in [0.1, 0.15) is 42.4 Å². The van der Waals surface area contributed by atoms with E-state index in [-0.39, 0.29) is 17.9 Å². The molecule has 5 rings (SSSR count). The van der Waals surface area contributed by atoms with E-state index in [0.29, 0.717) is 6.54 Å². The zero-order valence-electron chi connectivity index (χ0n) is 20.5. The number of nitrogens with one attached hydrogen (secondary N) is 2. The number of hydrogen-bond acceptors (Lipinski definition) is 5. The lowest BCUT2D eigenvalue weighted by Crippen LogP contribution is -2.47. The van der Waals surface area contributed by atoms with E-state index in [9.17, 15) is 9.59 Å².